The Hall–Kier alpha value is -2.55. The quantitative estimate of drug-likeness (QED) is 0.434. The number of para-hydroxylation sites is 1. The number of rotatable bonds is 5. The Morgan fingerprint density at radius 3 is 1.93 bits per heavy atom. The van der Waals surface area contributed by atoms with Crippen LogP contribution in [0, 0.1) is 0 Å². The van der Waals surface area contributed by atoms with Crippen molar-refractivity contribution in [1.82, 2.24) is 0 Å². The zero-order chi connectivity index (χ0) is 19.4. The van der Waals surface area contributed by atoms with Crippen LogP contribution in [0.5, 0.6) is 0 Å². The summed E-state index contributed by atoms with van der Waals surface area (Å²) < 4.78 is 14.1. The molecule has 0 fully saturated rings. The van der Waals surface area contributed by atoms with Crippen LogP contribution in [0.4, 0.5) is 5.69 Å². The summed E-state index contributed by atoms with van der Waals surface area (Å²) in [5.74, 6) is 2.69. The largest absolute Gasteiger partial charge is 0.301 e. The molecule has 4 rings (SSSR count). The van der Waals surface area contributed by atoms with E-state index in [1.165, 1.54) is 11.4 Å². The normalized spacial score (nSPS) is 19.1. The van der Waals surface area contributed by atoms with Crippen LogP contribution in [0.2, 0.25) is 0 Å². The van der Waals surface area contributed by atoms with Crippen LogP contribution in [0.15, 0.2) is 102 Å². The molecule has 5 heteroatoms. The molecule has 0 amide bonds. The smallest absolute Gasteiger partial charge is 0.210 e. The molecule has 28 heavy (non-hydrogen) atoms. The Kier molecular flexibility index (Phi) is 5.52. The molecule has 1 aliphatic heterocycles. The van der Waals surface area contributed by atoms with E-state index in [2.05, 4.69) is 0 Å². The van der Waals surface area contributed by atoms with Crippen LogP contribution >= 0.6 is 17.7 Å². The molecule has 3 aromatic rings. The van der Waals surface area contributed by atoms with Gasteiger partial charge in [0.2, 0.25) is 6.34 Å². The Labute approximate surface area is 169 Å². The maximum atomic E-state index is 14.1. The topological polar surface area (TPSA) is 32.7 Å². The SMILES string of the molecule is CCS[P@@]1(=O)C=C(c2ccccc2)N(c2ccccc2)N=C1c1ccccc1. The van der Waals surface area contributed by atoms with Gasteiger partial charge in [-0.25, -0.2) is 5.01 Å². The minimum absolute atomic E-state index is 0.642. The number of benzene rings is 3. The fraction of sp³-hybridized carbons (Fsp3) is 0.0870. The molecule has 1 aliphatic rings. The first-order valence-corrected chi connectivity index (χ1v) is 12.6. The molecule has 0 aliphatic carbocycles. The molecule has 1 heterocycles. The van der Waals surface area contributed by atoms with Crippen LogP contribution in [-0.4, -0.2) is 11.2 Å². The molecule has 0 radical (unpaired) electrons. The zero-order valence-corrected chi connectivity index (χ0v) is 17.3. The molecule has 0 saturated carbocycles. The van der Waals surface area contributed by atoms with Gasteiger partial charge >= 0.3 is 0 Å². The van der Waals surface area contributed by atoms with Gasteiger partial charge in [-0.2, -0.15) is 5.10 Å². The third-order valence-electron chi connectivity index (χ3n) is 4.43. The van der Waals surface area contributed by atoms with Crippen molar-refractivity contribution in [2.45, 2.75) is 6.92 Å². The van der Waals surface area contributed by atoms with Gasteiger partial charge in [0.05, 0.1) is 11.4 Å². The van der Waals surface area contributed by atoms with Crippen molar-refractivity contribution in [3.8, 4) is 0 Å². The van der Waals surface area contributed by atoms with Crippen molar-refractivity contribution >= 4 is 34.6 Å². The molecule has 140 valence electrons. The van der Waals surface area contributed by atoms with E-state index in [0.29, 0.717) is 5.45 Å². The van der Waals surface area contributed by atoms with Crippen molar-refractivity contribution in [1.29, 1.82) is 0 Å². The molecule has 3 nitrogen and oxygen atoms in total. The monoisotopic (exact) mass is 404 g/mol. The fourth-order valence-corrected chi connectivity index (χ4v) is 7.65. The second-order valence-electron chi connectivity index (χ2n) is 6.33. The molecule has 1 atom stereocenters. The zero-order valence-electron chi connectivity index (χ0n) is 15.6. The number of nitrogens with zero attached hydrogens (tertiary/aromatic N) is 2. The van der Waals surface area contributed by atoms with E-state index >= 15 is 0 Å². The van der Waals surface area contributed by atoms with Crippen LogP contribution in [0.1, 0.15) is 18.1 Å². The lowest BCUT2D eigenvalue weighted by molar-refractivity contribution is 0.596. The van der Waals surface area contributed by atoms with Gasteiger partial charge in [-0.05, 0) is 17.9 Å². The van der Waals surface area contributed by atoms with E-state index in [1.807, 2.05) is 109 Å². The average Bonchev–Trinajstić information content (AvgIpc) is 2.75. The number of hydrazone groups is 1. The summed E-state index contributed by atoms with van der Waals surface area (Å²) in [7, 11) is 0. The number of hydrogen-bond donors (Lipinski definition) is 0. The third kappa shape index (κ3) is 3.71. The minimum Gasteiger partial charge on any atom is -0.301 e. The van der Waals surface area contributed by atoms with Gasteiger partial charge in [-0.1, -0.05) is 97.2 Å². The number of anilines is 1. The van der Waals surface area contributed by atoms with Gasteiger partial charge < -0.3 is 4.57 Å². The molecule has 0 spiro atoms. The van der Waals surface area contributed by atoms with E-state index < -0.39 is 6.34 Å². The van der Waals surface area contributed by atoms with E-state index in [4.69, 9.17) is 5.10 Å². The summed E-state index contributed by atoms with van der Waals surface area (Å²) in [6.45, 7) is 2.03. The van der Waals surface area contributed by atoms with Crippen molar-refractivity contribution < 1.29 is 4.57 Å². The van der Waals surface area contributed by atoms with Crippen molar-refractivity contribution in [2.75, 3.05) is 10.8 Å². The molecule has 3 aromatic carbocycles. The Morgan fingerprint density at radius 2 is 1.36 bits per heavy atom. The van der Waals surface area contributed by atoms with E-state index in [0.717, 1.165) is 28.3 Å². The van der Waals surface area contributed by atoms with Gasteiger partial charge in [0, 0.05) is 16.9 Å². The fourth-order valence-electron chi connectivity index (χ4n) is 3.17. The molecular weight excluding hydrogens is 383 g/mol. The van der Waals surface area contributed by atoms with Gasteiger partial charge in [0.25, 0.3) is 0 Å². The maximum Gasteiger partial charge on any atom is 0.210 e. The summed E-state index contributed by atoms with van der Waals surface area (Å²) in [6.07, 6.45) is -2.86. The van der Waals surface area contributed by atoms with E-state index in [9.17, 15) is 4.57 Å². The standard InChI is InChI=1S/C23H21N2OPS/c1-2-28-27(26)18-22(19-12-6-3-7-13-19)25(21-16-10-5-11-17-21)24-23(27)20-14-8-4-9-15-20/h3-18H,2H2,1H3/t27-/m0/s1. The molecule has 0 N–H and O–H groups in total. The van der Waals surface area contributed by atoms with Gasteiger partial charge in [0.15, 0.2) is 0 Å². The minimum atomic E-state index is -2.86. The molecular formula is C23H21N2OPS. The lowest BCUT2D eigenvalue weighted by Gasteiger charge is -2.31. The van der Waals surface area contributed by atoms with Crippen molar-refractivity contribution in [2.24, 2.45) is 5.10 Å². The Balaban J connectivity index is 1.93. The third-order valence-corrected chi connectivity index (χ3v) is 9.36. The summed E-state index contributed by atoms with van der Waals surface area (Å²) >= 11 is 1.47. The first-order chi connectivity index (χ1) is 13.7. The van der Waals surface area contributed by atoms with Crippen LogP contribution < -0.4 is 5.01 Å². The second kappa shape index (κ2) is 8.22. The highest BCUT2D eigenvalue weighted by Crippen LogP contribution is 2.65. The van der Waals surface area contributed by atoms with Gasteiger partial charge in [-0.3, -0.25) is 0 Å². The molecule has 0 unspecified atom stereocenters. The average molecular weight is 404 g/mol. The Bertz CT molecular complexity index is 1050. The first-order valence-electron chi connectivity index (χ1n) is 9.23. The summed E-state index contributed by atoms with van der Waals surface area (Å²) in [4.78, 5) is 0. The highest BCUT2D eigenvalue weighted by atomic mass is 32.7. The van der Waals surface area contributed by atoms with Gasteiger partial charge in [0.1, 0.15) is 5.45 Å². The van der Waals surface area contributed by atoms with Crippen LogP contribution in [0.25, 0.3) is 5.70 Å². The van der Waals surface area contributed by atoms with E-state index in [-0.39, 0.29) is 0 Å². The maximum absolute atomic E-state index is 14.1. The summed E-state index contributed by atoms with van der Waals surface area (Å²) in [5, 5.41) is 6.86. The lowest BCUT2D eigenvalue weighted by Crippen LogP contribution is -2.21. The van der Waals surface area contributed by atoms with E-state index in [1.54, 1.807) is 0 Å². The first kappa shape index (κ1) is 18.8. The molecule has 0 bridgehead atoms. The van der Waals surface area contributed by atoms with Crippen LogP contribution in [-0.2, 0) is 4.57 Å². The van der Waals surface area contributed by atoms with Gasteiger partial charge in [-0.15, -0.1) is 0 Å². The summed E-state index contributed by atoms with van der Waals surface area (Å²) in [5.41, 5.74) is 4.34. The van der Waals surface area contributed by atoms with Crippen molar-refractivity contribution in [3.05, 3.63) is 108 Å². The molecule has 0 saturated heterocycles. The Morgan fingerprint density at radius 1 is 0.821 bits per heavy atom. The molecule has 0 aromatic heterocycles. The van der Waals surface area contributed by atoms with Crippen LogP contribution in [0.3, 0.4) is 0 Å². The lowest BCUT2D eigenvalue weighted by atomic mass is 10.1. The van der Waals surface area contributed by atoms with Crippen molar-refractivity contribution in [3.63, 3.8) is 0 Å². The predicted octanol–water partition coefficient (Wildman–Crippen LogP) is 6.90. The predicted molar refractivity (Wildman–Crippen MR) is 122 cm³/mol. The number of hydrogen-bond acceptors (Lipinski definition) is 4. The highest BCUT2D eigenvalue weighted by Gasteiger charge is 2.35. The second-order valence-corrected chi connectivity index (χ2v) is 11.4. The summed E-state index contributed by atoms with van der Waals surface area (Å²) in [6, 6.07) is 29.9. The highest BCUT2D eigenvalue weighted by molar-refractivity contribution is 8.64.